The molecule has 12 aromatic rings. The maximum atomic E-state index is 15.7. The lowest BCUT2D eigenvalue weighted by molar-refractivity contribution is 0.462. The van der Waals surface area contributed by atoms with Crippen molar-refractivity contribution in [3.8, 4) is 79.4 Å². The third kappa shape index (κ3) is 5.42. The number of hydrogen-bond donors (Lipinski definition) is 0. The van der Waals surface area contributed by atoms with E-state index in [9.17, 15) is 0 Å². The van der Waals surface area contributed by atoms with Crippen LogP contribution in [0.3, 0.4) is 0 Å². The van der Waals surface area contributed by atoms with Crippen LogP contribution in [0.5, 0.6) is 46.0 Å². The summed E-state index contributed by atoms with van der Waals surface area (Å²) in [6.07, 6.45) is 1.84. The number of para-hydroxylation sites is 2. The fourth-order valence-electron chi connectivity index (χ4n) is 11.8. The fourth-order valence-corrected chi connectivity index (χ4v) is 20.0. The van der Waals surface area contributed by atoms with Gasteiger partial charge >= 0.3 is 0 Å². The van der Waals surface area contributed by atoms with Crippen LogP contribution in [0.25, 0.3) is 76.6 Å². The van der Waals surface area contributed by atoms with Crippen molar-refractivity contribution in [3.63, 3.8) is 0 Å². The van der Waals surface area contributed by atoms with E-state index >= 15 is 4.57 Å². The molecule has 6 nitrogen and oxygen atoms in total. The lowest BCUT2D eigenvalue weighted by Crippen LogP contribution is -2.35. The number of rotatable bonds is 3. The number of hydrogen-bond acceptors (Lipinski definition) is 7. The van der Waals surface area contributed by atoms with Crippen LogP contribution in [-0.2, 0) is 16.4 Å². The van der Waals surface area contributed by atoms with Crippen molar-refractivity contribution in [2.24, 2.45) is 0 Å². The first-order valence-corrected chi connectivity index (χ1v) is 28.4. The molecule has 4 aliphatic rings. The summed E-state index contributed by atoms with van der Waals surface area (Å²) in [5.41, 5.74) is 6.76. The van der Waals surface area contributed by atoms with Gasteiger partial charge in [0.05, 0.1) is 27.5 Å². The molecule has 11 aromatic carbocycles. The summed E-state index contributed by atoms with van der Waals surface area (Å²) in [4.78, 5) is 4.92. The average molecular weight is 980 g/mol. The monoisotopic (exact) mass is 979 g/mol. The molecule has 2 unspecified atom stereocenters. The van der Waals surface area contributed by atoms with Gasteiger partial charge < -0.3 is 23.5 Å². The lowest BCUT2D eigenvalue weighted by atomic mass is 9.96. The zero-order valence-electron chi connectivity index (χ0n) is 38.0. The Labute approximate surface area is 418 Å². The first-order valence-electron chi connectivity index (χ1n) is 23.9. The summed E-state index contributed by atoms with van der Waals surface area (Å²) in [5.74, 6) is 5.33. The predicted molar refractivity (Wildman–Crippen MR) is 296 cm³/mol. The lowest BCUT2D eigenvalue weighted by Gasteiger charge is -2.39. The Balaban J connectivity index is 0.835. The molecule has 5 heterocycles. The van der Waals surface area contributed by atoms with Gasteiger partial charge in [0.15, 0.2) is 7.14 Å². The SMILES string of the molecule is O=P12c3ccccc3Oc3ccc(-c4ccnc5cc(-c6ccc7c8c(ccc7c6)Oc6cc(-c7cccc9ccccc79)cc7c6P8(=S)c6c(ccc8ccccc68)O7)ccc45)c(c31)Oc1ccccc12. The molecular weight excluding hydrogens is 945 g/mol. The molecule has 0 saturated carbocycles. The van der Waals surface area contributed by atoms with Crippen molar-refractivity contribution in [2.45, 2.75) is 0 Å². The van der Waals surface area contributed by atoms with E-state index in [-0.39, 0.29) is 0 Å². The van der Waals surface area contributed by atoms with E-state index in [4.69, 9.17) is 35.7 Å². The van der Waals surface area contributed by atoms with E-state index < -0.39 is 13.2 Å². The van der Waals surface area contributed by atoms with Crippen molar-refractivity contribution in [3.05, 3.63) is 212 Å². The second-order valence-corrected chi connectivity index (χ2v) is 25.6. The van der Waals surface area contributed by atoms with Gasteiger partial charge in [-0.1, -0.05) is 139 Å². The molecule has 0 amide bonds. The van der Waals surface area contributed by atoms with Gasteiger partial charge in [-0.3, -0.25) is 4.98 Å². The largest absolute Gasteiger partial charge is 0.456 e. The van der Waals surface area contributed by atoms with Crippen molar-refractivity contribution >= 4 is 100 Å². The van der Waals surface area contributed by atoms with E-state index in [2.05, 4.69) is 140 Å². The van der Waals surface area contributed by atoms with E-state index in [0.29, 0.717) is 38.9 Å². The van der Waals surface area contributed by atoms with Crippen LogP contribution < -0.4 is 50.8 Å². The Bertz CT molecular complexity index is 4530. The second kappa shape index (κ2) is 14.6. The van der Waals surface area contributed by atoms with Gasteiger partial charge in [-0.25, -0.2) is 0 Å². The van der Waals surface area contributed by atoms with Crippen LogP contribution in [0.2, 0.25) is 0 Å². The Morgan fingerprint density at radius 1 is 0.361 bits per heavy atom. The fraction of sp³-hybridized carbons (Fsp3) is 0. The van der Waals surface area contributed by atoms with Crippen LogP contribution in [0.1, 0.15) is 0 Å². The van der Waals surface area contributed by atoms with Crippen LogP contribution >= 0.6 is 13.2 Å². The predicted octanol–water partition coefficient (Wildman–Crippen LogP) is 14.5. The molecule has 72 heavy (non-hydrogen) atoms. The molecule has 0 saturated heterocycles. The van der Waals surface area contributed by atoms with Crippen LogP contribution in [0, 0.1) is 0 Å². The molecule has 1 aromatic heterocycles. The maximum Gasteiger partial charge on any atom is 0.185 e. The molecule has 4 aliphatic heterocycles. The standard InChI is InChI=1S/C63H35NO5P2S/c65-70-57-18-7-5-16-50(57)66-54-29-26-48(59(63(54)70)69-51-17-6-8-19-58(51)70)46-30-31-64-49-33-39(21-25-47(46)49)38-20-24-45-40(32-38)23-28-53-61(45)71(72)60-44-14-4-2-11-37(44)22-27-52(60)67-55-34-41(35-56(68-53)62(55)71)43-15-9-12-36-10-1-3-13-42(36)43/h1-35H. The first kappa shape index (κ1) is 40.4. The number of ether oxygens (including phenoxy) is 4. The Hall–Kier alpha value is -8.31. The smallest absolute Gasteiger partial charge is 0.185 e. The van der Waals surface area contributed by atoms with Gasteiger partial charge in [0, 0.05) is 27.8 Å². The molecule has 0 bridgehead atoms. The summed E-state index contributed by atoms with van der Waals surface area (Å²) in [6.45, 7) is 0. The quantitative estimate of drug-likeness (QED) is 0.163. The highest BCUT2D eigenvalue weighted by Gasteiger charge is 2.48. The third-order valence-corrected chi connectivity index (χ3v) is 23.0. The summed E-state index contributed by atoms with van der Waals surface area (Å²) < 4.78 is 42.9. The van der Waals surface area contributed by atoms with Crippen molar-refractivity contribution in [1.82, 2.24) is 4.98 Å². The van der Waals surface area contributed by atoms with Gasteiger partial charge in [0.2, 0.25) is 0 Å². The maximum absolute atomic E-state index is 15.7. The van der Waals surface area contributed by atoms with Gasteiger partial charge in [0.25, 0.3) is 0 Å². The summed E-state index contributed by atoms with van der Waals surface area (Å²) in [7, 11) is -3.36. The minimum absolute atomic E-state index is 0.546. The molecule has 0 fully saturated rings. The van der Waals surface area contributed by atoms with Gasteiger partial charge in [0.1, 0.15) is 51.3 Å². The van der Waals surface area contributed by atoms with E-state index in [1.54, 1.807) is 0 Å². The topological polar surface area (TPSA) is 66.9 Å². The zero-order valence-corrected chi connectivity index (χ0v) is 40.6. The number of aromatic nitrogens is 1. The van der Waals surface area contributed by atoms with E-state index in [1.165, 1.54) is 5.39 Å². The first-order chi connectivity index (χ1) is 35.4. The Morgan fingerprint density at radius 2 is 0.931 bits per heavy atom. The highest BCUT2D eigenvalue weighted by atomic mass is 32.4. The molecular formula is C63H35NO5P2S. The average Bonchev–Trinajstić information content (AvgIpc) is 3.42. The van der Waals surface area contributed by atoms with Crippen molar-refractivity contribution in [1.29, 1.82) is 0 Å². The molecule has 9 heteroatoms. The molecule has 0 aliphatic carbocycles. The summed E-state index contributed by atoms with van der Waals surface area (Å²) in [6, 6.07) is 67.7. The number of pyridine rings is 1. The Morgan fingerprint density at radius 3 is 1.69 bits per heavy atom. The molecule has 2 atom stereocenters. The highest BCUT2D eigenvalue weighted by molar-refractivity contribution is 8.26. The highest BCUT2D eigenvalue weighted by Crippen LogP contribution is 2.63. The van der Waals surface area contributed by atoms with Gasteiger partial charge in [-0.05, 0) is 139 Å². The molecule has 0 N–H and O–H groups in total. The summed E-state index contributed by atoms with van der Waals surface area (Å²) in [5, 5.41) is 12.6. The molecule has 338 valence electrons. The minimum atomic E-state index is -3.36. The normalized spacial score (nSPS) is 17.3. The molecule has 0 radical (unpaired) electrons. The zero-order chi connectivity index (χ0) is 47.5. The van der Waals surface area contributed by atoms with Crippen molar-refractivity contribution < 1.29 is 23.5 Å². The van der Waals surface area contributed by atoms with E-state index in [1.807, 2.05) is 72.9 Å². The molecule has 16 rings (SSSR count). The number of fused-ring (bicyclic) bond motifs is 14. The van der Waals surface area contributed by atoms with Gasteiger partial charge in [-0.15, -0.1) is 0 Å². The van der Waals surface area contributed by atoms with Crippen LogP contribution in [0.15, 0.2) is 212 Å². The third-order valence-electron chi connectivity index (χ3n) is 15.0. The Kier molecular flexibility index (Phi) is 8.22. The number of benzene rings is 11. The summed E-state index contributed by atoms with van der Waals surface area (Å²) >= 11 is 7.30. The van der Waals surface area contributed by atoms with Crippen molar-refractivity contribution in [2.75, 3.05) is 0 Å². The van der Waals surface area contributed by atoms with Gasteiger partial charge in [-0.2, -0.15) is 0 Å². The van der Waals surface area contributed by atoms with Crippen LogP contribution in [-0.4, -0.2) is 4.98 Å². The van der Waals surface area contributed by atoms with Crippen LogP contribution in [0.4, 0.5) is 0 Å². The van der Waals surface area contributed by atoms with E-state index in [0.717, 1.165) is 110 Å². The molecule has 0 spiro atoms. The minimum Gasteiger partial charge on any atom is -0.456 e. The number of nitrogens with zero attached hydrogens (tertiary/aromatic N) is 1. The second-order valence-electron chi connectivity index (χ2n) is 18.8.